The minimum absolute atomic E-state index is 0.00854. The molecule has 2 aromatic carbocycles. The molecular weight excluding hydrogens is 360 g/mol. The van der Waals surface area contributed by atoms with Gasteiger partial charge in [0.05, 0.1) is 21.8 Å². The van der Waals surface area contributed by atoms with Crippen molar-refractivity contribution in [2.45, 2.75) is 4.90 Å². The highest BCUT2D eigenvalue weighted by atomic mass is 32.2. The van der Waals surface area contributed by atoms with Crippen LogP contribution in [0.5, 0.6) is 0 Å². The van der Waals surface area contributed by atoms with Crippen LogP contribution in [0, 0.1) is 0 Å². The molecule has 0 bridgehead atoms. The van der Waals surface area contributed by atoms with Crippen molar-refractivity contribution in [3.63, 3.8) is 0 Å². The molecule has 0 amide bonds. The number of anilines is 1. The van der Waals surface area contributed by atoms with E-state index in [1.807, 2.05) is 0 Å². The Morgan fingerprint density at radius 1 is 1.15 bits per heavy atom. The Morgan fingerprint density at radius 3 is 2.77 bits per heavy atom. The van der Waals surface area contributed by atoms with Crippen molar-refractivity contribution < 1.29 is 12.8 Å². The van der Waals surface area contributed by atoms with Crippen LogP contribution < -0.4 is 10.5 Å². The molecule has 0 fully saturated rings. The van der Waals surface area contributed by atoms with E-state index in [1.54, 1.807) is 24.3 Å². The van der Waals surface area contributed by atoms with Gasteiger partial charge in [0.1, 0.15) is 6.33 Å². The van der Waals surface area contributed by atoms with Gasteiger partial charge in [-0.25, -0.2) is 17.9 Å². The van der Waals surface area contributed by atoms with E-state index in [-0.39, 0.29) is 4.90 Å². The molecule has 0 spiro atoms. The van der Waals surface area contributed by atoms with Crippen molar-refractivity contribution in [2.24, 2.45) is 7.05 Å². The van der Waals surface area contributed by atoms with Crippen molar-refractivity contribution in [1.29, 1.82) is 0 Å². The molecule has 0 aliphatic rings. The third kappa shape index (κ3) is 2.73. The van der Waals surface area contributed by atoms with Crippen LogP contribution in [0.25, 0.3) is 16.8 Å². The summed E-state index contributed by atoms with van der Waals surface area (Å²) in [6, 6.07) is 10.8. The van der Waals surface area contributed by atoms with Crippen LogP contribution in [-0.4, -0.2) is 33.2 Å². The summed E-state index contributed by atoms with van der Waals surface area (Å²) in [7, 11) is -2.36. The van der Waals surface area contributed by atoms with Gasteiger partial charge in [-0.2, -0.15) is 0 Å². The lowest BCUT2D eigenvalue weighted by atomic mass is 10.3. The monoisotopic (exact) mass is 372 g/mol. The average molecular weight is 372 g/mol. The second-order valence-corrected chi connectivity index (χ2v) is 7.15. The lowest BCUT2D eigenvalue weighted by molar-refractivity contribution is 0.528. The molecule has 132 valence electrons. The number of aryl methyl sites for hydroxylation is 1. The minimum Gasteiger partial charge on any atom is -0.408 e. The van der Waals surface area contributed by atoms with Gasteiger partial charge in [-0.05, 0) is 46.8 Å². The first-order valence-electron chi connectivity index (χ1n) is 7.40. The van der Waals surface area contributed by atoms with E-state index in [4.69, 9.17) is 4.42 Å². The summed E-state index contributed by atoms with van der Waals surface area (Å²) in [5.74, 6) is -0.559. The molecule has 0 saturated carbocycles. The zero-order valence-electron chi connectivity index (χ0n) is 13.4. The van der Waals surface area contributed by atoms with Gasteiger partial charge in [0, 0.05) is 7.05 Å². The van der Waals surface area contributed by atoms with E-state index in [0.717, 1.165) is 0 Å². The van der Waals surface area contributed by atoms with Crippen LogP contribution in [0.2, 0.25) is 0 Å². The van der Waals surface area contributed by atoms with Gasteiger partial charge in [0.25, 0.3) is 10.0 Å². The first kappa shape index (κ1) is 16.0. The van der Waals surface area contributed by atoms with Gasteiger partial charge in [-0.1, -0.05) is 6.07 Å². The first-order valence-corrected chi connectivity index (χ1v) is 8.88. The fourth-order valence-electron chi connectivity index (χ4n) is 2.48. The molecule has 0 unspecified atom stereocenters. The summed E-state index contributed by atoms with van der Waals surface area (Å²) >= 11 is 0. The summed E-state index contributed by atoms with van der Waals surface area (Å²) in [6.45, 7) is 0. The van der Waals surface area contributed by atoms with Gasteiger partial charge in [0.15, 0.2) is 5.58 Å². The van der Waals surface area contributed by atoms with E-state index >= 15 is 0 Å². The van der Waals surface area contributed by atoms with Crippen molar-refractivity contribution >= 4 is 26.8 Å². The Bertz CT molecular complexity index is 1260. The van der Waals surface area contributed by atoms with Crippen LogP contribution in [0.1, 0.15) is 0 Å². The number of aromatic nitrogens is 5. The molecule has 0 aliphatic heterocycles. The highest BCUT2D eigenvalue weighted by molar-refractivity contribution is 7.92. The maximum absolute atomic E-state index is 12.7. The van der Waals surface area contributed by atoms with Gasteiger partial charge in [-0.15, -0.1) is 5.10 Å². The number of nitrogens with one attached hydrogen (secondary N) is 1. The summed E-state index contributed by atoms with van der Waals surface area (Å²) < 4.78 is 35.5. The van der Waals surface area contributed by atoms with Crippen molar-refractivity contribution in [3.8, 4) is 5.69 Å². The molecule has 10 nitrogen and oxygen atoms in total. The van der Waals surface area contributed by atoms with E-state index in [2.05, 4.69) is 20.2 Å². The van der Waals surface area contributed by atoms with Gasteiger partial charge in [-0.3, -0.25) is 9.29 Å². The van der Waals surface area contributed by atoms with E-state index in [0.29, 0.717) is 22.5 Å². The molecule has 0 radical (unpaired) electrons. The summed E-state index contributed by atoms with van der Waals surface area (Å²) in [5.41, 5.74) is 1.65. The normalized spacial score (nSPS) is 11.7. The van der Waals surface area contributed by atoms with Crippen LogP contribution in [0.15, 0.2) is 62.9 Å². The zero-order chi connectivity index (χ0) is 18.3. The number of tetrazole rings is 1. The maximum Gasteiger partial charge on any atom is 0.419 e. The van der Waals surface area contributed by atoms with Crippen LogP contribution >= 0.6 is 0 Å². The molecule has 11 heteroatoms. The van der Waals surface area contributed by atoms with Crippen LogP contribution in [-0.2, 0) is 17.1 Å². The largest absolute Gasteiger partial charge is 0.419 e. The fraction of sp³-hybridized carbons (Fsp3) is 0.0667. The fourth-order valence-corrected chi connectivity index (χ4v) is 3.55. The van der Waals surface area contributed by atoms with E-state index < -0.39 is 15.8 Å². The minimum atomic E-state index is -3.87. The number of hydrogen-bond acceptors (Lipinski definition) is 7. The highest BCUT2D eigenvalue weighted by Crippen LogP contribution is 2.22. The summed E-state index contributed by atoms with van der Waals surface area (Å²) in [4.78, 5) is 11.6. The van der Waals surface area contributed by atoms with Crippen LogP contribution in [0.4, 0.5) is 5.69 Å². The Morgan fingerprint density at radius 2 is 2.00 bits per heavy atom. The lowest BCUT2D eigenvalue weighted by Crippen LogP contribution is -2.13. The van der Waals surface area contributed by atoms with Crippen molar-refractivity contribution in [3.05, 3.63) is 59.3 Å². The molecular formula is C15H12N6O4S. The Hall–Kier alpha value is -3.47. The third-order valence-electron chi connectivity index (χ3n) is 3.79. The lowest BCUT2D eigenvalue weighted by Gasteiger charge is -2.09. The molecule has 4 rings (SSSR count). The Kier molecular flexibility index (Phi) is 3.58. The predicted octanol–water partition coefficient (Wildman–Crippen LogP) is 0.908. The number of oxazole rings is 1. The number of benzene rings is 2. The average Bonchev–Trinajstić information content (AvgIpc) is 3.24. The summed E-state index contributed by atoms with van der Waals surface area (Å²) in [6.07, 6.45) is 1.40. The Balaban J connectivity index is 1.70. The third-order valence-corrected chi connectivity index (χ3v) is 5.16. The molecule has 2 heterocycles. The van der Waals surface area contributed by atoms with Gasteiger partial charge in [0.2, 0.25) is 0 Å². The number of fused-ring (bicyclic) bond motifs is 1. The number of hydrogen-bond donors (Lipinski definition) is 1. The molecule has 1 N–H and O–H groups in total. The van der Waals surface area contributed by atoms with E-state index in [1.165, 1.54) is 40.8 Å². The number of rotatable bonds is 4. The van der Waals surface area contributed by atoms with Crippen molar-refractivity contribution in [2.75, 3.05) is 4.72 Å². The number of sulfonamides is 1. The molecule has 0 aliphatic carbocycles. The smallest absolute Gasteiger partial charge is 0.408 e. The quantitative estimate of drug-likeness (QED) is 0.564. The maximum atomic E-state index is 12.7. The molecule has 4 aromatic rings. The second-order valence-electron chi connectivity index (χ2n) is 5.47. The molecule has 0 atom stereocenters. The van der Waals surface area contributed by atoms with Gasteiger partial charge >= 0.3 is 5.76 Å². The second kappa shape index (κ2) is 5.81. The van der Waals surface area contributed by atoms with Gasteiger partial charge < -0.3 is 4.42 Å². The topological polar surface area (TPSA) is 125 Å². The van der Waals surface area contributed by atoms with Crippen molar-refractivity contribution in [1.82, 2.24) is 24.8 Å². The predicted molar refractivity (Wildman–Crippen MR) is 91.4 cm³/mol. The first-order chi connectivity index (χ1) is 12.4. The molecule has 2 aromatic heterocycles. The zero-order valence-corrected chi connectivity index (χ0v) is 14.2. The molecule has 0 saturated heterocycles. The van der Waals surface area contributed by atoms with E-state index in [9.17, 15) is 13.2 Å². The SMILES string of the molecule is Cn1c(=O)oc2ccc(S(=O)(=O)Nc3cccc(-n4cnnn4)c3)cc21. The van der Waals surface area contributed by atoms with Crippen LogP contribution in [0.3, 0.4) is 0 Å². The highest BCUT2D eigenvalue weighted by Gasteiger charge is 2.17. The standard InChI is InChI=1S/C15H12N6O4S/c1-20-13-8-12(5-6-14(13)25-15(20)22)26(23,24)17-10-3-2-4-11(7-10)21-9-16-18-19-21/h2-9,17H,1H3. The number of nitrogens with zero attached hydrogens (tertiary/aromatic N) is 5. The Labute approximate surface area is 146 Å². The molecule has 26 heavy (non-hydrogen) atoms. The summed E-state index contributed by atoms with van der Waals surface area (Å²) in [5, 5.41) is 10.9.